The van der Waals surface area contributed by atoms with E-state index in [1.165, 1.54) is 22.3 Å². The van der Waals surface area contributed by atoms with Gasteiger partial charge in [0.2, 0.25) is 0 Å². The third-order valence-electron chi connectivity index (χ3n) is 4.17. The maximum atomic E-state index is 5.39. The van der Waals surface area contributed by atoms with Crippen molar-refractivity contribution in [3.05, 3.63) is 34.4 Å². The van der Waals surface area contributed by atoms with Crippen LogP contribution in [0, 0.1) is 20.8 Å². The van der Waals surface area contributed by atoms with Crippen molar-refractivity contribution in [3.63, 3.8) is 0 Å². The van der Waals surface area contributed by atoms with Crippen molar-refractivity contribution < 1.29 is 4.74 Å². The second-order valence-corrected chi connectivity index (χ2v) is 6.07. The van der Waals surface area contributed by atoms with E-state index >= 15 is 0 Å². The van der Waals surface area contributed by atoms with Gasteiger partial charge in [0, 0.05) is 32.7 Å². The van der Waals surface area contributed by atoms with Crippen molar-refractivity contribution in [2.75, 3.05) is 46.4 Å². The van der Waals surface area contributed by atoms with Gasteiger partial charge in [-0.2, -0.15) is 0 Å². The molecule has 0 aromatic heterocycles. The van der Waals surface area contributed by atoms with Gasteiger partial charge in [-0.25, -0.2) is 0 Å². The summed E-state index contributed by atoms with van der Waals surface area (Å²) in [5, 5.41) is 0. The number of morpholine rings is 1. The Bertz CT molecular complexity index is 416. The van der Waals surface area contributed by atoms with Crippen LogP contribution in [-0.4, -0.2) is 56.2 Å². The molecule has 2 rings (SSSR count). The third kappa shape index (κ3) is 4.30. The highest BCUT2D eigenvalue weighted by molar-refractivity contribution is 5.37. The van der Waals surface area contributed by atoms with Crippen LogP contribution in [0.15, 0.2) is 12.1 Å². The molecule has 3 heteroatoms. The fourth-order valence-electron chi connectivity index (χ4n) is 2.95. The Hall–Kier alpha value is -0.900. The van der Waals surface area contributed by atoms with E-state index in [0.29, 0.717) is 0 Å². The van der Waals surface area contributed by atoms with Crippen LogP contribution in [0.25, 0.3) is 0 Å². The Morgan fingerprint density at radius 3 is 2.30 bits per heavy atom. The summed E-state index contributed by atoms with van der Waals surface area (Å²) in [6, 6.07) is 4.58. The Morgan fingerprint density at radius 2 is 1.70 bits per heavy atom. The van der Waals surface area contributed by atoms with Crippen LogP contribution in [0.5, 0.6) is 0 Å². The molecule has 1 aliphatic heterocycles. The minimum Gasteiger partial charge on any atom is -0.379 e. The van der Waals surface area contributed by atoms with Crippen LogP contribution in [0.1, 0.15) is 22.3 Å². The van der Waals surface area contributed by atoms with E-state index in [1.807, 2.05) is 0 Å². The molecule has 112 valence electrons. The first kappa shape index (κ1) is 15.5. The number of ether oxygens (including phenoxy) is 1. The van der Waals surface area contributed by atoms with Crippen molar-refractivity contribution >= 4 is 0 Å². The molecule has 1 aliphatic rings. The second-order valence-electron chi connectivity index (χ2n) is 6.07. The lowest BCUT2D eigenvalue weighted by Gasteiger charge is -2.29. The number of benzene rings is 1. The number of rotatable bonds is 5. The molecule has 0 radical (unpaired) electrons. The predicted octanol–water partition coefficient (Wildman–Crippen LogP) is 2.38. The Kier molecular flexibility index (Phi) is 5.58. The van der Waals surface area contributed by atoms with Gasteiger partial charge in [0.1, 0.15) is 0 Å². The first-order chi connectivity index (χ1) is 9.56. The standard InChI is InChI=1S/C17H28N2O/c1-14-11-15(2)17(16(3)12-14)13-18(4)5-6-19-7-9-20-10-8-19/h11-12H,5-10,13H2,1-4H3. The normalized spacial score (nSPS) is 16.9. The van der Waals surface area contributed by atoms with Gasteiger partial charge in [0.25, 0.3) is 0 Å². The number of nitrogens with zero attached hydrogens (tertiary/aromatic N) is 2. The largest absolute Gasteiger partial charge is 0.379 e. The van der Waals surface area contributed by atoms with Gasteiger partial charge in [-0.3, -0.25) is 4.90 Å². The number of hydrogen-bond acceptors (Lipinski definition) is 3. The highest BCUT2D eigenvalue weighted by Crippen LogP contribution is 2.17. The molecule has 0 amide bonds. The van der Waals surface area contributed by atoms with Gasteiger partial charge < -0.3 is 9.64 Å². The second kappa shape index (κ2) is 7.21. The van der Waals surface area contributed by atoms with E-state index in [4.69, 9.17) is 4.74 Å². The number of likely N-dealkylation sites (N-methyl/N-ethyl adjacent to an activating group) is 1. The summed E-state index contributed by atoms with van der Waals surface area (Å²) in [4.78, 5) is 4.93. The first-order valence-electron chi connectivity index (χ1n) is 7.61. The highest BCUT2D eigenvalue weighted by atomic mass is 16.5. The average molecular weight is 276 g/mol. The molecule has 0 N–H and O–H groups in total. The lowest BCUT2D eigenvalue weighted by atomic mass is 9.99. The van der Waals surface area contributed by atoms with Crippen LogP contribution in [-0.2, 0) is 11.3 Å². The zero-order valence-electron chi connectivity index (χ0n) is 13.4. The molecule has 3 nitrogen and oxygen atoms in total. The highest BCUT2D eigenvalue weighted by Gasteiger charge is 2.12. The minimum atomic E-state index is 0.889. The van der Waals surface area contributed by atoms with Gasteiger partial charge >= 0.3 is 0 Å². The summed E-state index contributed by atoms with van der Waals surface area (Å²) in [6.07, 6.45) is 0. The average Bonchev–Trinajstić information content (AvgIpc) is 2.42. The van der Waals surface area contributed by atoms with E-state index in [1.54, 1.807) is 0 Å². The van der Waals surface area contributed by atoms with E-state index in [9.17, 15) is 0 Å². The fraction of sp³-hybridized carbons (Fsp3) is 0.647. The van der Waals surface area contributed by atoms with Crippen LogP contribution in [0.2, 0.25) is 0 Å². The van der Waals surface area contributed by atoms with E-state index in [0.717, 1.165) is 45.9 Å². The van der Waals surface area contributed by atoms with Crippen LogP contribution >= 0.6 is 0 Å². The molecular formula is C17H28N2O. The molecule has 0 spiro atoms. The van der Waals surface area contributed by atoms with Crippen LogP contribution in [0.3, 0.4) is 0 Å². The quantitative estimate of drug-likeness (QED) is 0.821. The van der Waals surface area contributed by atoms with Crippen molar-refractivity contribution in [1.82, 2.24) is 9.80 Å². The zero-order chi connectivity index (χ0) is 14.5. The zero-order valence-corrected chi connectivity index (χ0v) is 13.4. The van der Waals surface area contributed by atoms with E-state index in [2.05, 4.69) is 49.8 Å². The molecule has 1 aromatic rings. The van der Waals surface area contributed by atoms with Gasteiger partial charge in [-0.15, -0.1) is 0 Å². The molecule has 0 saturated carbocycles. The third-order valence-corrected chi connectivity index (χ3v) is 4.17. The first-order valence-corrected chi connectivity index (χ1v) is 7.61. The molecule has 1 aromatic carbocycles. The summed E-state index contributed by atoms with van der Waals surface area (Å²) in [6.45, 7) is 13.9. The fourth-order valence-corrected chi connectivity index (χ4v) is 2.95. The summed E-state index contributed by atoms with van der Waals surface area (Å²) >= 11 is 0. The maximum absolute atomic E-state index is 5.39. The van der Waals surface area contributed by atoms with E-state index < -0.39 is 0 Å². The van der Waals surface area contributed by atoms with Gasteiger partial charge in [0.05, 0.1) is 13.2 Å². The molecule has 1 fully saturated rings. The summed E-state index contributed by atoms with van der Waals surface area (Å²) < 4.78 is 5.39. The molecule has 0 atom stereocenters. The van der Waals surface area contributed by atoms with Gasteiger partial charge in [0.15, 0.2) is 0 Å². The lowest BCUT2D eigenvalue weighted by molar-refractivity contribution is 0.0342. The van der Waals surface area contributed by atoms with Crippen molar-refractivity contribution in [2.24, 2.45) is 0 Å². The van der Waals surface area contributed by atoms with Crippen molar-refractivity contribution in [1.29, 1.82) is 0 Å². The molecule has 0 bridgehead atoms. The molecule has 0 aliphatic carbocycles. The molecule has 0 unspecified atom stereocenters. The summed E-state index contributed by atoms with van der Waals surface area (Å²) in [5.41, 5.74) is 5.68. The summed E-state index contributed by atoms with van der Waals surface area (Å²) in [7, 11) is 2.22. The Balaban J connectivity index is 1.86. The Morgan fingerprint density at radius 1 is 1.10 bits per heavy atom. The van der Waals surface area contributed by atoms with Crippen LogP contribution in [0.4, 0.5) is 0 Å². The van der Waals surface area contributed by atoms with Gasteiger partial charge in [-0.1, -0.05) is 17.7 Å². The van der Waals surface area contributed by atoms with Crippen molar-refractivity contribution in [2.45, 2.75) is 27.3 Å². The maximum Gasteiger partial charge on any atom is 0.0594 e. The molecule has 1 heterocycles. The molecule has 1 saturated heterocycles. The topological polar surface area (TPSA) is 15.7 Å². The minimum absolute atomic E-state index is 0.889. The SMILES string of the molecule is Cc1cc(C)c(CN(C)CCN2CCOCC2)c(C)c1. The van der Waals surface area contributed by atoms with Crippen molar-refractivity contribution in [3.8, 4) is 0 Å². The van der Waals surface area contributed by atoms with E-state index in [-0.39, 0.29) is 0 Å². The molecular weight excluding hydrogens is 248 g/mol. The predicted molar refractivity (Wildman–Crippen MR) is 84.2 cm³/mol. The lowest BCUT2D eigenvalue weighted by Crippen LogP contribution is -2.40. The number of aryl methyl sites for hydroxylation is 3. The summed E-state index contributed by atoms with van der Waals surface area (Å²) in [5.74, 6) is 0. The Labute approximate surface area is 123 Å². The smallest absolute Gasteiger partial charge is 0.0594 e. The van der Waals surface area contributed by atoms with Crippen LogP contribution < -0.4 is 0 Å². The molecule has 20 heavy (non-hydrogen) atoms. The van der Waals surface area contributed by atoms with Gasteiger partial charge in [-0.05, 0) is 44.5 Å². The number of hydrogen-bond donors (Lipinski definition) is 0. The monoisotopic (exact) mass is 276 g/mol.